The van der Waals surface area contributed by atoms with E-state index in [-0.39, 0.29) is 24.5 Å². The summed E-state index contributed by atoms with van der Waals surface area (Å²) in [6.07, 6.45) is 0.914. The number of hydrogen-bond acceptors (Lipinski definition) is 3. The lowest BCUT2D eigenvalue weighted by Gasteiger charge is -2.27. The van der Waals surface area contributed by atoms with Gasteiger partial charge in [-0.1, -0.05) is 0 Å². The minimum atomic E-state index is -0.295. The summed E-state index contributed by atoms with van der Waals surface area (Å²) in [5, 5.41) is 7.35. The Morgan fingerprint density at radius 3 is 3.00 bits per heavy atom. The van der Waals surface area contributed by atoms with Gasteiger partial charge in [-0.15, -0.1) is 11.3 Å². The normalized spacial score (nSPS) is 14.2. The van der Waals surface area contributed by atoms with Crippen molar-refractivity contribution >= 4 is 23.3 Å². The van der Waals surface area contributed by atoms with E-state index in [1.54, 1.807) is 16.2 Å². The molecule has 19 heavy (non-hydrogen) atoms. The van der Waals surface area contributed by atoms with Crippen LogP contribution in [0.15, 0.2) is 11.4 Å². The van der Waals surface area contributed by atoms with Crippen LogP contribution in [0.2, 0.25) is 0 Å². The van der Waals surface area contributed by atoms with Crippen LogP contribution in [-0.4, -0.2) is 36.0 Å². The average Bonchev–Trinajstić information content (AvgIpc) is 2.82. The number of fused-ring (bicyclic) bond motifs is 1. The highest BCUT2D eigenvalue weighted by Gasteiger charge is 2.21. The molecular weight excluding hydrogens is 262 g/mol. The second-order valence-electron chi connectivity index (χ2n) is 4.92. The number of carbonyl (C=O) groups excluding carboxylic acids is 2. The van der Waals surface area contributed by atoms with Crippen LogP contribution in [0, 0.1) is 0 Å². The molecular formula is C13H19N3O2S. The Morgan fingerprint density at radius 2 is 2.26 bits per heavy atom. The van der Waals surface area contributed by atoms with Crippen LogP contribution in [0.25, 0.3) is 0 Å². The van der Waals surface area contributed by atoms with Gasteiger partial charge in [0, 0.05) is 24.0 Å². The Labute approximate surface area is 117 Å². The third-order valence-corrected chi connectivity index (χ3v) is 4.00. The summed E-state index contributed by atoms with van der Waals surface area (Å²) in [7, 11) is 0. The fourth-order valence-electron chi connectivity index (χ4n) is 2.04. The quantitative estimate of drug-likeness (QED) is 0.878. The van der Waals surface area contributed by atoms with Gasteiger partial charge >= 0.3 is 6.03 Å². The highest BCUT2D eigenvalue weighted by Crippen LogP contribution is 2.23. The fraction of sp³-hybridized carbons (Fsp3) is 0.538. The van der Waals surface area contributed by atoms with E-state index in [0.717, 1.165) is 13.0 Å². The van der Waals surface area contributed by atoms with Crippen molar-refractivity contribution in [2.75, 3.05) is 13.1 Å². The summed E-state index contributed by atoms with van der Waals surface area (Å²) in [6, 6.07) is 1.84. The summed E-state index contributed by atoms with van der Waals surface area (Å²) in [6.45, 7) is 5.21. The molecule has 0 unspecified atom stereocenters. The minimum Gasteiger partial charge on any atom is -0.336 e. The van der Waals surface area contributed by atoms with Crippen molar-refractivity contribution in [1.82, 2.24) is 15.5 Å². The van der Waals surface area contributed by atoms with Gasteiger partial charge in [0.25, 0.3) is 0 Å². The van der Waals surface area contributed by atoms with Crippen LogP contribution in [-0.2, 0) is 17.8 Å². The van der Waals surface area contributed by atoms with E-state index in [0.29, 0.717) is 6.54 Å². The van der Waals surface area contributed by atoms with Crippen molar-refractivity contribution in [3.8, 4) is 0 Å². The summed E-state index contributed by atoms with van der Waals surface area (Å²) in [5.74, 6) is -0.0317. The number of rotatable bonds is 3. The zero-order valence-electron chi connectivity index (χ0n) is 11.2. The first-order chi connectivity index (χ1) is 9.06. The van der Waals surface area contributed by atoms with Crippen LogP contribution in [0.4, 0.5) is 4.79 Å². The number of hydrogen-bond donors (Lipinski definition) is 2. The Hall–Kier alpha value is -1.56. The van der Waals surface area contributed by atoms with Gasteiger partial charge < -0.3 is 15.5 Å². The van der Waals surface area contributed by atoms with Crippen molar-refractivity contribution in [3.63, 3.8) is 0 Å². The Bertz CT molecular complexity index is 470. The lowest BCUT2D eigenvalue weighted by atomic mass is 10.1. The molecule has 2 heterocycles. The van der Waals surface area contributed by atoms with Gasteiger partial charge in [0.05, 0.1) is 6.54 Å². The molecule has 1 aromatic heterocycles. The number of carbonyl (C=O) groups is 2. The average molecular weight is 281 g/mol. The minimum absolute atomic E-state index is 0.0317. The molecule has 0 aromatic carbocycles. The molecule has 0 atom stereocenters. The van der Waals surface area contributed by atoms with E-state index >= 15 is 0 Å². The van der Waals surface area contributed by atoms with E-state index in [9.17, 15) is 9.59 Å². The smallest absolute Gasteiger partial charge is 0.315 e. The molecule has 0 aliphatic carbocycles. The molecule has 104 valence electrons. The highest BCUT2D eigenvalue weighted by atomic mass is 32.1. The summed E-state index contributed by atoms with van der Waals surface area (Å²) in [4.78, 5) is 26.6. The molecule has 1 aromatic rings. The summed E-state index contributed by atoms with van der Waals surface area (Å²) >= 11 is 1.75. The Kier molecular flexibility index (Phi) is 4.42. The van der Waals surface area contributed by atoms with Crippen molar-refractivity contribution in [2.45, 2.75) is 32.9 Å². The van der Waals surface area contributed by atoms with Gasteiger partial charge in [-0.3, -0.25) is 4.79 Å². The molecule has 3 amide bonds. The number of urea groups is 1. The van der Waals surface area contributed by atoms with E-state index in [1.165, 1.54) is 10.4 Å². The van der Waals surface area contributed by atoms with Crippen molar-refractivity contribution < 1.29 is 9.59 Å². The molecule has 0 saturated carbocycles. The molecule has 0 fully saturated rings. The highest BCUT2D eigenvalue weighted by molar-refractivity contribution is 7.10. The first-order valence-corrected chi connectivity index (χ1v) is 7.31. The van der Waals surface area contributed by atoms with Crippen LogP contribution in [0.3, 0.4) is 0 Å². The molecule has 6 heteroatoms. The number of nitrogens with zero attached hydrogens (tertiary/aromatic N) is 1. The topological polar surface area (TPSA) is 61.4 Å². The molecule has 0 spiro atoms. The van der Waals surface area contributed by atoms with Crippen LogP contribution in [0.5, 0.6) is 0 Å². The van der Waals surface area contributed by atoms with Crippen LogP contribution < -0.4 is 10.6 Å². The van der Waals surface area contributed by atoms with Gasteiger partial charge in [-0.2, -0.15) is 0 Å². The second kappa shape index (κ2) is 6.06. The maximum absolute atomic E-state index is 12.0. The monoisotopic (exact) mass is 281 g/mol. The first-order valence-electron chi connectivity index (χ1n) is 6.43. The van der Waals surface area contributed by atoms with E-state index in [1.807, 2.05) is 13.8 Å². The predicted molar refractivity (Wildman–Crippen MR) is 75.1 cm³/mol. The molecule has 1 aliphatic rings. The standard InChI is InChI=1S/C13H19N3O2S/c1-9(2)15-13(18)14-7-12(17)16-5-3-11-10(8-16)4-6-19-11/h4,6,9H,3,5,7-8H2,1-2H3,(H2,14,15,18). The molecule has 0 saturated heterocycles. The van der Waals surface area contributed by atoms with Crippen LogP contribution >= 0.6 is 11.3 Å². The van der Waals surface area contributed by atoms with E-state index < -0.39 is 0 Å². The zero-order valence-corrected chi connectivity index (χ0v) is 12.0. The van der Waals surface area contributed by atoms with E-state index in [4.69, 9.17) is 0 Å². The van der Waals surface area contributed by atoms with Crippen molar-refractivity contribution in [1.29, 1.82) is 0 Å². The molecule has 0 radical (unpaired) electrons. The Balaban J connectivity index is 1.80. The van der Waals surface area contributed by atoms with Crippen molar-refractivity contribution in [2.24, 2.45) is 0 Å². The van der Waals surface area contributed by atoms with Crippen molar-refractivity contribution in [3.05, 3.63) is 21.9 Å². The predicted octanol–water partition coefficient (Wildman–Crippen LogP) is 1.34. The Morgan fingerprint density at radius 1 is 1.47 bits per heavy atom. The zero-order chi connectivity index (χ0) is 13.8. The maximum Gasteiger partial charge on any atom is 0.315 e. The molecule has 5 nitrogen and oxygen atoms in total. The molecule has 2 rings (SSSR count). The molecule has 0 bridgehead atoms. The molecule has 2 N–H and O–H groups in total. The maximum atomic E-state index is 12.0. The van der Waals surface area contributed by atoms with Gasteiger partial charge in [-0.25, -0.2) is 4.79 Å². The lowest BCUT2D eigenvalue weighted by Crippen LogP contribution is -2.46. The number of amides is 3. The van der Waals surface area contributed by atoms with Crippen LogP contribution in [0.1, 0.15) is 24.3 Å². The number of thiophene rings is 1. The van der Waals surface area contributed by atoms with Gasteiger partial charge in [0.1, 0.15) is 0 Å². The fourth-order valence-corrected chi connectivity index (χ4v) is 2.93. The lowest BCUT2D eigenvalue weighted by molar-refractivity contribution is -0.130. The third kappa shape index (κ3) is 3.70. The first kappa shape index (κ1) is 13.9. The summed E-state index contributed by atoms with van der Waals surface area (Å²) in [5.41, 5.74) is 1.23. The molecule has 1 aliphatic heterocycles. The third-order valence-electron chi connectivity index (χ3n) is 2.98. The SMILES string of the molecule is CC(C)NC(=O)NCC(=O)N1CCc2sccc2C1. The number of nitrogens with one attached hydrogen (secondary N) is 2. The second-order valence-corrected chi connectivity index (χ2v) is 5.92. The van der Waals surface area contributed by atoms with E-state index in [2.05, 4.69) is 22.1 Å². The van der Waals surface area contributed by atoms with Gasteiger partial charge in [-0.05, 0) is 37.3 Å². The van der Waals surface area contributed by atoms with Gasteiger partial charge in [0.2, 0.25) is 5.91 Å². The summed E-state index contributed by atoms with van der Waals surface area (Å²) < 4.78 is 0. The largest absolute Gasteiger partial charge is 0.336 e. The van der Waals surface area contributed by atoms with Gasteiger partial charge in [0.15, 0.2) is 0 Å².